The molecular formula is C10H20N4. The number of tetrazole rings is 1. The molecule has 14 heavy (non-hydrogen) atoms. The maximum Gasteiger partial charge on any atom is 0.175 e. The summed E-state index contributed by atoms with van der Waals surface area (Å²) < 4.78 is 0. The largest absolute Gasteiger partial charge is 0.175 e. The van der Waals surface area contributed by atoms with Crippen molar-refractivity contribution < 1.29 is 0 Å². The second-order valence-corrected chi connectivity index (χ2v) is 4.58. The Morgan fingerprint density at radius 1 is 1.14 bits per heavy atom. The standard InChI is InChI=1S/C10H20N4/c1-8(2)5-6-14-12-10(11-13-14)7-9(3)4/h8-9H,5-7H2,1-4H3. The van der Waals surface area contributed by atoms with E-state index in [-0.39, 0.29) is 0 Å². The Morgan fingerprint density at radius 3 is 2.43 bits per heavy atom. The van der Waals surface area contributed by atoms with Crippen LogP contribution in [0.4, 0.5) is 0 Å². The lowest BCUT2D eigenvalue weighted by molar-refractivity contribution is 0.440. The Morgan fingerprint density at radius 2 is 1.86 bits per heavy atom. The van der Waals surface area contributed by atoms with E-state index in [2.05, 4.69) is 43.1 Å². The van der Waals surface area contributed by atoms with Crippen LogP contribution in [-0.2, 0) is 13.0 Å². The molecule has 0 aliphatic heterocycles. The first-order valence-electron chi connectivity index (χ1n) is 5.34. The minimum atomic E-state index is 0.595. The zero-order valence-electron chi connectivity index (χ0n) is 9.56. The second kappa shape index (κ2) is 5.08. The van der Waals surface area contributed by atoms with Gasteiger partial charge in [-0.25, -0.2) is 0 Å². The van der Waals surface area contributed by atoms with Crippen molar-refractivity contribution in [2.75, 3.05) is 0 Å². The van der Waals surface area contributed by atoms with Crippen LogP contribution in [0, 0.1) is 11.8 Å². The van der Waals surface area contributed by atoms with Crippen molar-refractivity contribution in [1.82, 2.24) is 20.2 Å². The summed E-state index contributed by atoms with van der Waals surface area (Å²) in [5.74, 6) is 2.15. The number of nitrogens with zero attached hydrogens (tertiary/aromatic N) is 4. The molecule has 4 nitrogen and oxygen atoms in total. The van der Waals surface area contributed by atoms with Crippen LogP contribution in [0.2, 0.25) is 0 Å². The molecule has 0 aliphatic carbocycles. The molecule has 0 bridgehead atoms. The Kier molecular flexibility index (Phi) is 4.04. The summed E-state index contributed by atoms with van der Waals surface area (Å²) in [6, 6.07) is 0. The van der Waals surface area contributed by atoms with Gasteiger partial charge in [-0.3, -0.25) is 0 Å². The van der Waals surface area contributed by atoms with Crippen LogP contribution in [0.1, 0.15) is 39.9 Å². The Hall–Kier alpha value is -0.930. The smallest absolute Gasteiger partial charge is 0.164 e. The van der Waals surface area contributed by atoms with E-state index in [4.69, 9.17) is 0 Å². The van der Waals surface area contributed by atoms with Gasteiger partial charge in [0.1, 0.15) is 0 Å². The average molecular weight is 196 g/mol. The van der Waals surface area contributed by atoms with Gasteiger partial charge in [0.15, 0.2) is 5.82 Å². The van der Waals surface area contributed by atoms with Crippen LogP contribution in [0.15, 0.2) is 0 Å². The molecule has 0 aliphatic rings. The van der Waals surface area contributed by atoms with E-state index in [1.54, 1.807) is 4.80 Å². The lowest BCUT2D eigenvalue weighted by Gasteiger charge is -2.01. The maximum absolute atomic E-state index is 4.32. The summed E-state index contributed by atoms with van der Waals surface area (Å²) >= 11 is 0. The lowest BCUT2D eigenvalue weighted by atomic mass is 10.1. The van der Waals surface area contributed by atoms with Gasteiger partial charge in [0, 0.05) is 6.42 Å². The second-order valence-electron chi connectivity index (χ2n) is 4.58. The predicted octanol–water partition coefficient (Wildman–Crippen LogP) is 1.92. The maximum atomic E-state index is 4.32. The third-order valence-corrected chi connectivity index (χ3v) is 1.99. The van der Waals surface area contributed by atoms with Gasteiger partial charge in [0.25, 0.3) is 0 Å². The fraction of sp³-hybridized carbons (Fsp3) is 0.900. The van der Waals surface area contributed by atoms with Crippen molar-refractivity contribution >= 4 is 0 Å². The molecule has 0 amide bonds. The van der Waals surface area contributed by atoms with E-state index in [0.717, 1.165) is 25.2 Å². The first kappa shape index (κ1) is 11.1. The molecule has 0 radical (unpaired) electrons. The van der Waals surface area contributed by atoms with Crippen molar-refractivity contribution in [3.05, 3.63) is 5.82 Å². The van der Waals surface area contributed by atoms with Crippen molar-refractivity contribution in [2.45, 2.75) is 47.1 Å². The van der Waals surface area contributed by atoms with Gasteiger partial charge in [-0.05, 0) is 23.5 Å². The Labute approximate surface area is 85.7 Å². The minimum Gasteiger partial charge on any atom is -0.164 e. The van der Waals surface area contributed by atoms with Crippen molar-refractivity contribution in [3.8, 4) is 0 Å². The van der Waals surface area contributed by atoms with Crippen LogP contribution >= 0.6 is 0 Å². The van der Waals surface area contributed by atoms with Crippen LogP contribution in [-0.4, -0.2) is 20.2 Å². The van der Waals surface area contributed by atoms with Gasteiger partial charge in [-0.15, -0.1) is 10.2 Å². The van der Waals surface area contributed by atoms with E-state index in [0.29, 0.717) is 11.8 Å². The molecule has 1 aromatic rings. The monoisotopic (exact) mass is 196 g/mol. The molecule has 1 rings (SSSR count). The van der Waals surface area contributed by atoms with Gasteiger partial charge in [-0.1, -0.05) is 27.7 Å². The summed E-state index contributed by atoms with van der Waals surface area (Å²) in [5.41, 5.74) is 0. The fourth-order valence-electron chi connectivity index (χ4n) is 1.19. The number of hydrogen-bond donors (Lipinski definition) is 0. The minimum absolute atomic E-state index is 0.595. The van der Waals surface area contributed by atoms with E-state index in [1.807, 2.05) is 0 Å². The molecule has 0 fully saturated rings. The Balaban J connectivity index is 2.42. The first-order valence-corrected chi connectivity index (χ1v) is 5.34. The van der Waals surface area contributed by atoms with Gasteiger partial charge >= 0.3 is 0 Å². The molecule has 0 unspecified atom stereocenters. The molecule has 1 aromatic heterocycles. The highest BCUT2D eigenvalue weighted by Gasteiger charge is 2.05. The van der Waals surface area contributed by atoms with Gasteiger partial charge in [0.2, 0.25) is 0 Å². The molecule has 0 N–H and O–H groups in total. The van der Waals surface area contributed by atoms with Gasteiger partial charge in [-0.2, -0.15) is 4.80 Å². The van der Waals surface area contributed by atoms with Crippen LogP contribution < -0.4 is 0 Å². The predicted molar refractivity (Wildman–Crippen MR) is 55.8 cm³/mol. The SMILES string of the molecule is CC(C)CCn1nnc(CC(C)C)n1. The molecule has 1 heterocycles. The van der Waals surface area contributed by atoms with Crippen LogP contribution in [0.25, 0.3) is 0 Å². The van der Waals surface area contributed by atoms with Crippen LogP contribution in [0.5, 0.6) is 0 Å². The third kappa shape index (κ3) is 3.85. The summed E-state index contributed by atoms with van der Waals surface area (Å²) in [6.07, 6.45) is 2.03. The summed E-state index contributed by atoms with van der Waals surface area (Å²) in [6.45, 7) is 9.60. The zero-order valence-corrected chi connectivity index (χ0v) is 9.56. The number of aryl methyl sites for hydroxylation is 1. The molecule has 0 saturated heterocycles. The molecule has 0 aromatic carbocycles. The summed E-state index contributed by atoms with van der Waals surface area (Å²) in [5, 5.41) is 12.3. The van der Waals surface area contributed by atoms with E-state index < -0.39 is 0 Å². The topological polar surface area (TPSA) is 43.6 Å². The summed E-state index contributed by atoms with van der Waals surface area (Å²) in [4.78, 5) is 1.71. The first-order chi connectivity index (χ1) is 6.58. The van der Waals surface area contributed by atoms with Crippen molar-refractivity contribution in [1.29, 1.82) is 0 Å². The normalized spacial score (nSPS) is 11.6. The lowest BCUT2D eigenvalue weighted by Crippen LogP contribution is -2.05. The highest BCUT2D eigenvalue weighted by atomic mass is 15.6. The van der Waals surface area contributed by atoms with Gasteiger partial charge in [0.05, 0.1) is 6.54 Å². The highest BCUT2D eigenvalue weighted by Crippen LogP contribution is 2.03. The van der Waals surface area contributed by atoms with E-state index in [1.165, 1.54) is 0 Å². The Bertz CT molecular complexity index is 265. The summed E-state index contributed by atoms with van der Waals surface area (Å²) in [7, 11) is 0. The van der Waals surface area contributed by atoms with Crippen molar-refractivity contribution in [2.24, 2.45) is 11.8 Å². The average Bonchev–Trinajstić information content (AvgIpc) is 2.47. The number of hydrogen-bond acceptors (Lipinski definition) is 3. The molecule has 4 heteroatoms. The molecule has 0 saturated carbocycles. The van der Waals surface area contributed by atoms with Crippen LogP contribution in [0.3, 0.4) is 0 Å². The van der Waals surface area contributed by atoms with Gasteiger partial charge < -0.3 is 0 Å². The third-order valence-electron chi connectivity index (χ3n) is 1.99. The quantitative estimate of drug-likeness (QED) is 0.722. The van der Waals surface area contributed by atoms with Crippen molar-refractivity contribution in [3.63, 3.8) is 0 Å². The molecule has 0 spiro atoms. The number of rotatable bonds is 5. The van der Waals surface area contributed by atoms with E-state index in [9.17, 15) is 0 Å². The zero-order chi connectivity index (χ0) is 10.6. The van der Waals surface area contributed by atoms with E-state index >= 15 is 0 Å². The number of aromatic nitrogens is 4. The molecular weight excluding hydrogens is 176 g/mol. The molecule has 80 valence electrons. The fourth-order valence-corrected chi connectivity index (χ4v) is 1.19. The highest BCUT2D eigenvalue weighted by molar-refractivity contribution is 4.78. The molecule has 0 atom stereocenters.